The lowest BCUT2D eigenvalue weighted by Crippen LogP contribution is -2.28. The van der Waals surface area contributed by atoms with Crippen molar-refractivity contribution in [2.24, 2.45) is 4.99 Å². The number of nitrogens with one attached hydrogen (secondary N) is 1. The first kappa shape index (κ1) is 20.0. The summed E-state index contributed by atoms with van der Waals surface area (Å²) in [5.41, 5.74) is 6.75. The van der Waals surface area contributed by atoms with E-state index in [0.717, 1.165) is 46.5 Å². The Kier molecular flexibility index (Phi) is 5.97. The molecular weight excluding hydrogens is 402 g/mol. The lowest BCUT2D eigenvalue weighted by Gasteiger charge is -2.19. The van der Waals surface area contributed by atoms with Crippen LogP contribution in [0, 0.1) is 20.8 Å². The third kappa shape index (κ3) is 4.68. The highest BCUT2D eigenvalue weighted by atomic mass is 35.5. The zero-order valence-corrected chi connectivity index (χ0v) is 18.4. The topological polar surface area (TPSA) is 50.4 Å². The highest BCUT2D eigenvalue weighted by molar-refractivity contribution is 8.14. The van der Waals surface area contributed by atoms with Gasteiger partial charge in [-0.3, -0.25) is 4.99 Å². The molecule has 29 heavy (non-hydrogen) atoms. The van der Waals surface area contributed by atoms with Crippen LogP contribution in [0.25, 0.3) is 11.3 Å². The monoisotopic (exact) mass is 425 g/mol. The van der Waals surface area contributed by atoms with Gasteiger partial charge in [-0.2, -0.15) is 0 Å². The van der Waals surface area contributed by atoms with E-state index in [1.54, 1.807) is 11.8 Å². The van der Waals surface area contributed by atoms with Crippen LogP contribution in [0.5, 0.6) is 0 Å². The van der Waals surface area contributed by atoms with Crippen molar-refractivity contribution in [2.75, 3.05) is 12.3 Å². The molecule has 0 spiro atoms. The number of aliphatic imine (C=N–C) groups is 1. The van der Waals surface area contributed by atoms with E-state index in [0.29, 0.717) is 5.02 Å². The fraction of sp³-hybridized carbons (Fsp3) is 0.304. The third-order valence-electron chi connectivity index (χ3n) is 5.00. The number of rotatable bonds is 5. The van der Waals surface area contributed by atoms with Gasteiger partial charge in [-0.25, -0.2) is 0 Å². The first-order chi connectivity index (χ1) is 14.0. The van der Waals surface area contributed by atoms with Crippen LogP contribution in [0.3, 0.4) is 0 Å². The molecule has 1 unspecified atom stereocenters. The summed E-state index contributed by atoms with van der Waals surface area (Å²) in [6.07, 6.45) is 0.815. The number of amidine groups is 1. The maximum Gasteiger partial charge on any atom is 0.170 e. The van der Waals surface area contributed by atoms with Gasteiger partial charge in [-0.05, 0) is 57.0 Å². The largest absolute Gasteiger partial charge is 0.356 e. The van der Waals surface area contributed by atoms with Gasteiger partial charge in [0.25, 0.3) is 0 Å². The van der Waals surface area contributed by atoms with Crippen LogP contribution in [-0.4, -0.2) is 22.6 Å². The van der Waals surface area contributed by atoms with Crippen LogP contribution in [-0.2, 0) is 6.42 Å². The lowest BCUT2D eigenvalue weighted by molar-refractivity contribution is 0.412. The van der Waals surface area contributed by atoms with Gasteiger partial charge in [0.2, 0.25) is 0 Å². The molecule has 4 nitrogen and oxygen atoms in total. The van der Waals surface area contributed by atoms with Gasteiger partial charge < -0.3 is 9.84 Å². The summed E-state index contributed by atoms with van der Waals surface area (Å²) < 4.78 is 5.77. The number of halogens is 1. The Labute approximate surface area is 180 Å². The van der Waals surface area contributed by atoms with Crippen molar-refractivity contribution < 1.29 is 4.52 Å². The Morgan fingerprint density at radius 2 is 1.83 bits per heavy atom. The van der Waals surface area contributed by atoms with E-state index in [4.69, 9.17) is 16.1 Å². The molecule has 0 bridgehead atoms. The highest BCUT2D eigenvalue weighted by Gasteiger charge is 2.24. The van der Waals surface area contributed by atoms with Crippen molar-refractivity contribution in [3.8, 4) is 11.3 Å². The molecule has 0 aliphatic carbocycles. The zero-order valence-electron chi connectivity index (χ0n) is 16.8. The summed E-state index contributed by atoms with van der Waals surface area (Å²) in [6, 6.07) is 14.3. The molecule has 0 saturated carbocycles. The predicted molar refractivity (Wildman–Crippen MR) is 122 cm³/mol. The van der Waals surface area contributed by atoms with Crippen LogP contribution in [0.1, 0.15) is 34.0 Å². The van der Waals surface area contributed by atoms with E-state index in [1.165, 1.54) is 16.7 Å². The van der Waals surface area contributed by atoms with Crippen LogP contribution >= 0.6 is 23.4 Å². The molecule has 0 saturated heterocycles. The second-order valence-corrected chi connectivity index (χ2v) is 8.98. The smallest absolute Gasteiger partial charge is 0.170 e. The van der Waals surface area contributed by atoms with Gasteiger partial charge in [0, 0.05) is 21.9 Å². The molecule has 0 fully saturated rings. The van der Waals surface area contributed by atoms with Gasteiger partial charge in [0.05, 0.1) is 12.6 Å². The molecule has 1 aromatic heterocycles. The molecule has 1 atom stereocenters. The SMILES string of the molecule is Cc1cc(C)cc(CC(NC2=NCCS2)c2noc(-c3ccc(Cl)cc3)c2C)c1. The minimum Gasteiger partial charge on any atom is -0.356 e. The van der Waals surface area contributed by atoms with Gasteiger partial charge >= 0.3 is 0 Å². The number of nitrogens with zero attached hydrogens (tertiary/aromatic N) is 2. The molecule has 1 aliphatic rings. The van der Waals surface area contributed by atoms with Crippen LogP contribution < -0.4 is 5.32 Å². The number of benzene rings is 2. The minimum absolute atomic E-state index is 0.00893. The Balaban J connectivity index is 1.68. The highest BCUT2D eigenvalue weighted by Crippen LogP contribution is 2.31. The second kappa shape index (κ2) is 8.64. The lowest BCUT2D eigenvalue weighted by atomic mass is 9.97. The van der Waals surface area contributed by atoms with E-state index in [-0.39, 0.29) is 6.04 Å². The summed E-state index contributed by atoms with van der Waals surface area (Å²) >= 11 is 7.79. The Hall–Kier alpha value is -2.24. The molecule has 0 amide bonds. The molecule has 1 N–H and O–H groups in total. The molecule has 2 heterocycles. The van der Waals surface area contributed by atoms with Gasteiger partial charge in [0.1, 0.15) is 5.69 Å². The Morgan fingerprint density at radius 1 is 1.10 bits per heavy atom. The van der Waals surface area contributed by atoms with E-state index >= 15 is 0 Å². The number of thioether (sulfide) groups is 1. The van der Waals surface area contributed by atoms with Crippen molar-refractivity contribution in [3.63, 3.8) is 0 Å². The molecule has 3 aromatic rings. The number of hydrogen-bond donors (Lipinski definition) is 1. The average Bonchev–Trinajstić information content (AvgIpc) is 3.31. The Morgan fingerprint density at radius 3 is 2.48 bits per heavy atom. The zero-order chi connectivity index (χ0) is 20.4. The van der Waals surface area contributed by atoms with Gasteiger partial charge in [-0.15, -0.1) is 0 Å². The summed E-state index contributed by atoms with van der Waals surface area (Å²) in [6.45, 7) is 7.19. The summed E-state index contributed by atoms with van der Waals surface area (Å²) in [5, 5.41) is 9.75. The number of hydrogen-bond acceptors (Lipinski definition) is 5. The first-order valence-corrected chi connectivity index (χ1v) is 11.1. The average molecular weight is 426 g/mol. The Bertz CT molecular complexity index is 1020. The first-order valence-electron chi connectivity index (χ1n) is 9.72. The van der Waals surface area contributed by atoms with Gasteiger partial charge in [0.15, 0.2) is 10.9 Å². The second-order valence-electron chi connectivity index (χ2n) is 7.46. The quantitative estimate of drug-likeness (QED) is 0.553. The number of aromatic nitrogens is 1. The van der Waals surface area contributed by atoms with E-state index in [1.807, 2.05) is 24.3 Å². The van der Waals surface area contributed by atoms with E-state index in [9.17, 15) is 0 Å². The molecule has 2 aromatic carbocycles. The van der Waals surface area contributed by atoms with Crippen molar-refractivity contribution in [1.82, 2.24) is 10.5 Å². The third-order valence-corrected chi connectivity index (χ3v) is 6.16. The fourth-order valence-electron chi connectivity index (χ4n) is 3.75. The van der Waals surface area contributed by atoms with E-state index in [2.05, 4.69) is 54.4 Å². The van der Waals surface area contributed by atoms with Crippen molar-refractivity contribution in [1.29, 1.82) is 0 Å². The number of aryl methyl sites for hydroxylation is 2. The molecule has 0 radical (unpaired) electrons. The maximum atomic E-state index is 6.03. The molecule has 1 aliphatic heterocycles. The summed E-state index contributed by atoms with van der Waals surface area (Å²) in [5.74, 6) is 1.80. The van der Waals surface area contributed by atoms with Crippen LogP contribution in [0.4, 0.5) is 0 Å². The van der Waals surface area contributed by atoms with Gasteiger partial charge in [-0.1, -0.05) is 57.8 Å². The summed E-state index contributed by atoms with van der Waals surface area (Å²) in [4.78, 5) is 4.58. The summed E-state index contributed by atoms with van der Waals surface area (Å²) in [7, 11) is 0. The van der Waals surface area contributed by atoms with E-state index < -0.39 is 0 Å². The fourth-order valence-corrected chi connectivity index (χ4v) is 4.66. The minimum atomic E-state index is -0.00893. The molecular formula is C23H24ClN3OS. The van der Waals surface area contributed by atoms with Crippen molar-refractivity contribution in [3.05, 3.63) is 75.4 Å². The van der Waals surface area contributed by atoms with Crippen LogP contribution in [0.15, 0.2) is 52.0 Å². The molecule has 6 heteroatoms. The van der Waals surface area contributed by atoms with Crippen molar-refractivity contribution >= 4 is 28.5 Å². The maximum absolute atomic E-state index is 6.03. The van der Waals surface area contributed by atoms with Crippen molar-refractivity contribution in [2.45, 2.75) is 33.2 Å². The standard InChI is InChI=1S/C23H24ClN3OS/c1-14-10-15(2)12-17(11-14)13-20(26-23-25-8-9-29-23)21-16(3)22(28-27-21)18-4-6-19(24)7-5-18/h4-7,10-12,20H,8-9,13H2,1-3H3,(H,25,26). The molecule has 150 valence electrons. The predicted octanol–water partition coefficient (Wildman–Crippen LogP) is 5.90. The van der Waals surface area contributed by atoms with Crippen LogP contribution in [0.2, 0.25) is 5.02 Å². The normalized spacial score (nSPS) is 14.7. The molecule has 4 rings (SSSR count).